The normalized spacial score (nSPS) is 14.0. The average molecular weight is 805 g/mol. The molecule has 0 heterocycles. The van der Waals surface area contributed by atoms with Gasteiger partial charge in [0.05, 0.1) is 22.7 Å². The van der Waals surface area contributed by atoms with Gasteiger partial charge in [-0.15, -0.1) is 0 Å². The molecule has 0 saturated carbocycles. The molecule has 2 rings (SSSR count). The van der Waals surface area contributed by atoms with Crippen molar-refractivity contribution in [2.45, 2.75) is 88.7 Å². The Hall–Kier alpha value is -2.56. The summed E-state index contributed by atoms with van der Waals surface area (Å²) in [5.41, 5.74) is 0.723. The van der Waals surface area contributed by atoms with Crippen LogP contribution in [0.15, 0.2) is 53.4 Å². The highest BCUT2D eigenvalue weighted by Gasteiger charge is 2.34. The van der Waals surface area contributed by atoms with E-state index in [2.05, 4.69) is 54.0 Å². The van der Waals surface area contributed by atoms with Gasteiger partial charge in [-0.25, -0.2) is 17.9 Å². The summed E-state index contributed by atoms with van der Waals surface area (Å²) in [6.45, 7) is 17.5. The minimum absolute atomic E-state index is 0.0601. The largest absolute Gasteiger partial charge is 0.465 e. The lowest BCUT2D eigenvalue weighted by molar-refractivity contribution is -0.0993. The summed E-state index contributed by atoms with van der Waals surface area (Å²) >= 11 is 0. The number of carbonyl (C=O) groups is 1. The Kier molecular flexibility index (Phi) is 18.2. The monoisotopic (exact) mass is 804 g/mol. The molecule has 0 spiro atoms. The van der Waals surface area contributed by atoms with Gasteiger partial charge in [0.15, 0.2) is 6.79 Å². The lowest BCUT2D eigenvalue weighted by Crippen LogP contribution is -2.52. The van der Waals surface area contributed by atoms with Gasteiger partial charge in [0.1, 0.15) is 12.5 Å². The highest BCUT2D eigenvalue weighted by atomic mass is 32.2. The Bertz CT molecular complexity index is 1600. The molecule has 0 aliphatic carbocycles. The highest BCUT2D eigenvalue weighted by molar-refractivity contribution is 7.90. The van der Waals surface area contributed by atoms with Crippen molar-refractivity contribution in [2.24, 2.45) is 5.92 Å². The second-order valence-electron chi connectivity index (χ2n) is 15.5. The minimum atomic E-state index is -4.32. The number of carboxylic acid groups (broad SMARTS) is 1. The second-order valence-corrected chi connectivity index (χ2v) is 30.3. The number of amides is 1. The topological polar surface area (TPSA) is 182 Å². The summed E-state index contributed by atoms with van der Waals surface area (Å²) in [6, 6.07) is 14.1. The Morgan fingerprint density at radius 3 is 2.00 bits per heavy atom. The van der Waals surface area contributed by atoms with Crippen LogP contribution in [-0.4, -0.2) is 108 Å². The van der Waals surface area contributed by atoms with E-state index in [0.29, 0.717) is 13.2 Å². The van der Waals surface area contributed by atoms with Crippen molar-refractivity contribution < 1.29 is 45.7 Å². The van der Waals surface area contributed by atoms with Crippen LogP contribution in [0.2, 0.25) is 51.4 Å². The predicted octanol–water partition coefficient (Wildman–Crippen LogP) is 5.48. The van der Waals surface area contributed by atoms with Gasteiger partial charge >= 0.3 is 6.09 Å². The van der Waals surface area contributed by atoms with Gasteiger partial charge in [-0.3, -0.25) is 4.72 Å². The number of nitrogens with one attached hydrogen (secondary N) is 3. The van der Waals surface area contributed by atoms with E-state index in [1.165, 1.54) is 29.6 Å². The van der Waals surface area contributed by atoms with Crippen molar-refractivity contribution in [3.8, 4) is 5.75 Å². The zero-order valence-corrected chi connectivity index (χ0v) is 35.7. The molecular formula is C34H60N4O10S2Si2. The van der Waals surface area contributed by atoms with Gasteiger partial charge < -0.3 is 29.4 Å². The Balaban J connectivity index is 2.51. The van der Waals surface area contributed by atoms with Gasteiger partial charge in [-0.05, 0) is 48.2 Å². The maximum atomic E-state index is 14.4. The first-order valence-electron chi connectivity index (χ1n) is 17.4. The molecule has 0 radical (unpaired) electrons. The van der Waals surface area contributed by atoms with Crippen molar-refractivity contribution in [3.05, 3.63) is 54.1 Å². The van der Waals surface area contributed by atoms with Gasteiger partial charge in [0.25, 0.3) is 10.2 Å². The van der Waals surface area contributed by atoms with Crippen LogP contribution in [0.3, 0.4) is 0 Å². The molecular weight excluding hydrogens is 745 g/mol. The quantitative estimate of drug-likeness (QED) is 0.0571. The summed E-state index contributed by atoms with van der Waals surface area (Å²) in [4.78, 5) is 11.8. The van der Waals surface area contributed by atoms with Crippen LogP contribution in [0.5, 0.6) is 5.75 Å². The Labute approximate surface area is 313 Å². The zero-order valence-electron chi connectivity index (χ0n) is 32.1. The van der Waals surface area contributed by atoms with Gasteiger partial charge in [-0.1, -0.05) is 83.5 Å². The molecule has 2 aromatic rings. The van der Waals surface area contributed by atoms with E-state index in [9.17, 15) is 26.7 Å². The maximum absolute atomic E-state index is 14.4. The van der Waals surface area contributed by atoms with Gasteiger partial charge in [0, 0.05) is 49.5 Å². The number of sulfonamides is 1. The predicted molar refractivity (Wildman–Crippen MR) is 210 cm³/mol. The Morgan fingerprint density at radius 2 is 1.46 bits per heavy atom. The zero-order chi connectivity index (χ0) is 39.2. The molecule has 1 amide bonds. The number of hydrogen-bond acceptors (Lipinski definition) is 9. The number of rotatable bonds is 25. The summed E-state index contributed by atoms with van der Waals surface area (Å²) in [5.74, 6) is -0.0620. The van der Waals surface area contributed by atoms with Crippen LogP contribution < -0.4 is 19.5 Å². The third-order valence-corrected chi connectivity index (χ3v) is 14.0. The van der Waals surface area contributed by atoms with E-state index >= 15 is 0 Å². The highest BCUT2D eigenvalue weighted by Crippen LogP contribution is 2.31. The lowest BCUT2D eigenvalue weighted by atomic mass is 10.0. The molecule has 4 N–H and O–H groups in total. The summed E-state index contributed by atoms with van der Waals surface area (Å²) in [5, 5.41) is 12.4. The van der Waals surface area contributed by atoms with Crippen LogP contribution >= 0.6 is 0 Å². The van der Waals surface area contributed by atoms with E-state index < -0.39 is 54.6 Å². The minimum Gasteiger partial charge on any atom is -0.465 e. The number of benzene rings is 2. The molecule has 0 aliphatic rings. The molecule has 18 heteroatoms. The average Bonchev–Trinajstić information content (AvgIpc) is 3.02. The second kappa shape index (κ2) is 20.8. The van der Waals surface area contributed by atoms with E-state index in [-0.39, 0.29) is 55.3 Å². The van der Waals surface area contributed by atoms with Crippen LogP contribution in [-0.2, 0) is 40.9 Å². The smallest absolute Gasteiger partial charge is 0.404 e. The molecule has 0 aromatic heterocycles. The molecule has 0 bridgehead atoms. The summed E-state index contributed by atoms with van der Waals surface area (Å²) in [6.07, 6.45) is -2.02. The van der Waals surface area contributed by atoms with E-state index in [1.807, 2.05) is 44.2 Å². The van der Waals surface area contributed by atoms with Crippen LogP contribution in [0.1, 0.15) is 19.4 Å². The molecule has 2 atom stereocenters. The maximum Gasteiger partial charge on any atom is 0.404 e. The number of anilines is 1. The Morgan fingerprint density at radius 1 is 0.865 bits per heavy atom. The first kappa shape index (κ1) is 45.6. The van der Waals surface area contributed by atoms with Crippen LogP contribution in [0, 0.1) is 5.92 Å². The molecule has 0 fully saturated rings. The molecule has 14 nitrogen and oxygen atoms in total. The summed E-state index contributed by atoms with van der Waals surface area (Å²) in [7, 11) is -9.92. The molecule has 0 saturated heterocycles. The van der Waals surface area contributed by atoms with E-state index in [4.69, 9.17) is 18.9 Å². The first-order valence-corrected chi connectivity index (χ1v) is 27.7. The SMILES string of the molecule is CNS(=O)(=O)Nc1cc(S(=O)(=O)N(CC(C)C)C[C@@H](OCOCC[Si](C)(C)C)[C@H](Cc2ccccc2)NC(=O)O)ccc1OCOCC[Si](C)(C)C. The van der Waals surface area contributed by atoms with Crippen molar-refractivity contribution in [1.82, 2.24) is 14.3 Å². The molecule has 2 aromatic carbocycles. The van der Waals surface area contributed by atoms with Gasteiger partial charge in [-0.2, -0.15) is 12.7 Å². The fourth-order valence-electron chi connectivity index (χ4n) is 4.81. The summed E-state index contributed by atoms with van der Waals surface area (Å²) < 4.78 is 83.1. The van der Waals surface area contributed by atoms with Gasteiger partial charge in [0.2, 0.25) is 10.0 Å². The lowest BCUT2D eigenvalue weighted by Gasteiger charge is -2.33. The van der Waals surface area contributed by atoms with E-state index in [0.717, 1.165) is 17.7 Å². The fraction of sp³-hybridized carbons (Fsp3) is 0.618. The number of hydrogen-bond donors (Lipinski definition) is 4. The van der Waals surface area contributed by atoms with E-state index in [1.54, 1.807) is 0 Å². The van der Waals surface area contributed by atoms with Crippen molar-refractivity contribution in [1.29, 1.82) is 0 Å². The molecule has 52 heavy (non-hydrogen) atoms. The number of ether oxygens (including phenoxy) is 4. The molecule has 0 unspecified atom stereocenters. The van der Waals surface area contributed by atoms with Crippen LogP contribution in [0.4, 0.5) is 10.5 Å². The third kappa shape index (κ3) is 17.5. The third-order valence-electron chi connectivity index (χ3n) is 7.77. The molecule has 296 valence electrons. The van der Waals surface area contributed by atoms with Crippen molar-refractivity contribution in [3.63, 3.8) is 0 Å². The molecule has 0 aliphatic heterocycles. The number of nitrogens with zero attached hydrogens (tertiary/aromatic N) is 1. The first-order chi connectivity index (χ1) is 24.1. The van der Waals surface area contributed by atoms with Crippen molar-refractivity contribution >= 4 is 48.2 Å². The van der Waals surface area contributed by atoms with Crippen LogP contribution in [0.25, 0.3) is 0 Å². The standard InChI is InChI=1S/C34H60N4O10S2Si2/c1-27(2)23-38(24-33(48-26-46-18-20-52(7,8)9)30(36-34(39)40)21-28-13-11-10-12-14-28)49(41,42)29-15-16-32(31(22-29)37-50(43,44)35-3)47-25-45-17-19-51(4,5)6/h10-16,22,27,30,33,35-37H,17-21,23-26H2,1-9H3,(H,39,40)/t30-,33+/m0/s1. The fourth-order valence-corrected chi connectivity index (χ4v) is 8.52. The van der Waals surface area contributed by atoms with Crippen molar-refractivity contribution in [2.75, 3.05) is 51.7 Å².